The van der Waals surface area contributed by atoms with Crippen LogP contribution >= 0.6 is 0 Å². The molecule has 1 aliphatic heterocycles. The van der Waals surface area contributed by atoms with Crippen molar-refractivity contribution in [2.75, 3.05) is 18.0 Å². The van der Waals surface area contributed by atoms with Crippen LogP contribution in [-0.2, 0) is 0 Å². The maximum Gasteiger partial charge on any atom is 0.251 e. The number of carbonyl (C=O) groups excluding carboxylic acids is 1. The van der Waals surface area contributed by atoms with Gasteiger partial charge in [-0.1, -0.05) is 18.2 Å². The predicted octanol–water partition coefficient (Wildman–Crippen LogP) is 1.66. The summed E-state index contributed by atoms with van der Waals surface area (Å²) in [4.78, 5) is 18.8. The van der Waals surface area contributed by atoms with Crippen molar-refractivity contribution in [2.24, 2.45) is 0 Å². The Morgan fingerprint density at radius 1 is 1.17 bits per heavy atom. The summed E-state index contributed by atoms with van der Waals surface area (Å²) >= 11 is 0. The lowest BCUT2D eigenvalue weighted by Gasteiger charge is -2.41. The van der Waals surface area contributed by atoms with Crippen LogP contribution in [-0.4, -0.2) is 39.6 Å². The minimum Gasteiger partial charge on any atom is -0.352 e. The molecule has 0 spiro atoms. The lowest BCUT2D eigenvalue weighted by atomic mass is 10.1. The van der Waals surface area contributed by atoms with Crippen LogP contribution in [0.4, 0.5) is 5.82 Å². The molecule has 6 heteroatoms. The second kappa shape index (κ2) is 5.39. The summed E-state index contributed by atoms with van der Waals surface area (Å²) in [6.45, 7) is 3.50. The number of hydrogen-bond donors (Lipinski definition) is 1. The Morgan fingerprint density at radius 3 is 2.83 bits per heavy atom. The van der Waals surface area contributed by atoms with Crippen molar-refractivity contribution < 1.29 is 4.79 Å². The molecule has 1 aliphatic rings. The molecule has 1 N–H and O–H groups in total. The fourth-order valence-corrected chi connectivity index (χ4v) is 2.91. The molecule has 0 atom stereocenters. The number of fused-ring (bicyclic) bond motifs is 1. The summed E-state index contributed by atoms with van der Waals surface area (Å²) in [5.41, 5.74) is 2.56. The number of amides is 1. The highest BCUT2D eigenvalue weighted by atomic mass is 16.1. The number of nitrogens with one attached hydrogen (secondary N) is 1. The first-order valence-electron chi connectivity index (χ1n) is 7.62. The van der Waals surface area contributed by atoms with Crippen LogP contribution in [0.3, 0.4) is 0 Å². The summed E-state index contributed by atoms with van der Waals surface area (Å²) in [5.74, 6) is 0.994. The van der Waals surface area contributed by atoms with Crippen molar-refractivity contribution in [1.29, 1.82) is 0 Å². The predicted molar refractivity (Wildman–Crippen MR) is 87.6 cm³/mol. The Labute approximate surface area is 133 Å². The van der Waals surface area contributed by atoms with Gasteiger partial charge in [-0.25, -0.2) is 4.98 Å². The lowest BCUT2D eigenvalue weighted by Crippen LogP contribution is -2.60. The van der Waals surface area contributed by atoms with Gasteiger partial charge in [0, 0.05) is 30.9 Å². The summed E-state index contributed by atoms with van der Waals surface area (Å²) in [7, 11) is 0. The van der Waals surface area contributed by atoms with Gasteiger partial charge in [-0.05, 0) is 24.6 Å². The van der Waals surface area contributed by atoms with E-state index in [9.17, 15) is 4.79 Å². The molecule has 23 heavy (non-hydrogen) atoms. The van der Waals surface area contributed by atoms with E-state index in [1.807, 2.05) is 47.8 Å². The first-order valence-corrected chi connectivity index (χ1v) is 7.62. The first kappa shape index (κ1) is 13.8. The molecule has 0 bridgehead atoms. The topological polar surface area (TPSA) is 62.5 Å². The highest BCUT2D eigenvalue weighted by Gasteiger charge is 2.30. The molecular formula is C17H17N5O. The van der Waals surface area contributed by atoms with Crippen molar-refractivity contribution in [3.05, 3.63) is 59.9 Å². The maximum absolute atomic E-state index is 12.3. The molecule has 6 nitrogen and oxygen atoms in total. The van der Waals surface area contributed by atoms with Crippen LogP contribution < -0.4 is 10.2 Å². The summed E-state index contributed by atoms with van der Waals surface area (Å²) in [6, 6.07) is 11.6. The monoisotopic (exact) mass is 307 g/mol. The van der Waals surface area contributed by atoms with Crippen molar-refractivity contribution in [2.45, 2.75) is 13.0 Å². The van der Waals surface area contributed by atoms with Crippen LogP contribution in [0.5, 0.6) is 0 Å². The first-order chi connectivity index (χ1) is 11.2. The molecule has 0 saturated carbocycles. The molecule has 2 aromatic heterocycles. The van der Waals surface area contributed by atoms with Gasteiger partial charge in [0.15, 0.2) is 5.65 Å². The SMILES string of the molecule is Cc1ccccc1C(=O)NC1CN(c2ccnc3ccnn23)C1. The van der Waals surface area contributed by atoms with Gasteiger partial charge in [0.1, 0.15) is 5.82 Å². The second-order valence-electron chi connectivity index (χ2n) is 5.79. The fourth-order valence-electron chi connectivity index (χ4n) is 2.91. The molecule has 3 aromatic rings. The Morgan fingerprint density at radius 2 is 2.00 bits per heavy atom. The quantitative estimate of drug-likeness (QED) is 0.799. The largest absolute Gasteiger partial charge is 0.352 e. The van der Waals surface area contributed by atoms with Crippen molar-refractivity contribution in [3.8, 4) is 0 Å². The average Bonchev–Trinajstić information content (AvgIpc) is 2.99. The fraction of sp³-hybridized carbons (Fsp3) is 0.235. The van der Waals surface area contributed by atoms with Crippen LogP contribution in [0.1, 0.15) is 15.9 Å². The van der Waals surface area contributed by atoms with Crippen molar-refractivity contribution in [3.63, 3.8) is 0 Å². The molecule has 0 radical (unpaired) electrons. The van der Waals surface area contributed by atoms with Gasteiger partial charge < -0.3 is 10.2 Å². The number of hydrogen-bond acceptors (Lipinski definition) is 4. The minimum atomic E-state index is -0.00767. The van der Waals surface area contributed by atoms with Crippen LogP contribution in [0.25, 0.3) is 5.65 Å². The summed E-state index contributed by atoms with van der Waals surface area (Å²) < 4.78 is 1.82. The third kappa shape index (κ3) is 2.42. The minimum absolute atomic E-state index is 0.00767. The summed E-state index contributed by atoms with van der Waals surface area (Å²) in [5, 5.41) is 7.38. The number of aromatic nitrogens is 3. The van der Waals surface area contributed by atoms with Gasteiger partial charge in [-0.2, -0.15) is 9.61 Å². The van der Waals surface area contributed by atoms with Crippen LogP contribution in [0.2, 0.25) is 0 Å². The van der Waals surface area contributed by atoms with E-state index in [0.29, 0.717) is 0 Å². The normalized spacial score (nSPS) is 14.7. The maximum atomic E-state index is 12.3. The van der Waals surface area contributed by atoms with E-state index >= 15 is 0 Å². The van der Waals surface area contributed by atoms with E-state index < -0.39 is 0 Å². The van der Waals surface area contributed by atoms with Gasteiger partial charge in [0.25, 0.3) is 5.91 Å². The van der Waals surface area contributed by atoms with E-state index in [4.69, 9.17) is 0 Å². The van der Waals surface area contributed by atoms with Crippen LogP contribution in [0.15, 0.2) is 48.8 Å². The van der Waals surface area contributed by atoms with E-state index in [-0.39, 0.29) is 11.9 Å². The number of aryl methyl sites for hydroxylation is 1. The zero-order valence-electron chi connectivity index (χ0n) is 12.8. The molecule has 1 fully saturated rings. The van der Waals surface area contributed by atoms with Gasteiger partial charge >= 0.3 is 0 Å². The third-order valence-corrected chi connectivity index (χ3v) is 4.20. The molecule has 1 saturated heterocycles. The molecule has 1 aromatic carbocycles. The average molecular weight is 307 g/mol. The van der Waals surface area contributed by atoms with Gasteiger partial charge in [0.05, 0.1) is 12.2 Å². The molecule has 4 rings (SSSR count). The highest BCUT2D eigenvalue weighted by molar-refractivity contribution is 5.95. The molecule has 3 heterocycles. The van der Waals surface area contributed by atoms with Gasteiger partial charge in [-0.15, -0.1) is 0 Å². The molecule has 1 amide bonds. The number of anilines is 1. The van der Waals surface area contributed by atoms with E-state index in [0.717, 1.165) is 35.7 Å². The van der Waals surface area contributed by atoms with Crippen molar-refractivity contribution in [1.82, 2.24) is 19.9 Å². The van der Waals surface area contributed by atoms with Gasteiger partial charge in [-0.3, -0.25) is 4.79 Å². The van der Waals surface area contributed by atoms with E-state index in [1.165, 1.54) is 0 Å². The van der Waals surface area contributed by atoms with E-state index in [2.05, 4.69) is 20.3 Å². The number of carbonyl (C=O) groups is 1. The summed E-state index contributed by atoms with van der Waals surface area (Å²) in [6.07, 6.45) is 3.52. The third-order valence-electron chi connectivity index (χ3n) is 4.20. The van der Waals surface area contributed by atoms with Crippen molar-refractivity contribution >= 4 is 17.4 Å². The van der Waals surface area contributed by atoms with E-state index in [1.54, 1.807) is 12.4 Å². The zero-order chi connectivity index (χ0) is 15.8. The Balaban J connectivity index is 1.43. The number of benzene rings is 1. The van der Waals surface area contributed by atoms with Gasteiger partial charge in [0.2, 0.25) is 0 Å². The molecular weight excluding hydrogens is 290 g/mol. The zero-order valence-corrected chi connectivity index (χ0v) is 12.8. The van der Waals surface area contributed by atoms with Crippen LogP contribution in [0, 0.1) is 6.92 Å². The Bertz CT molecular complexity index is 866. The molecule has 116 valence electrons. The smallest absolute Gasteiger partial charge is 0.251 e. The number of nitrogens with zero attached hydrogens (tertiary/aromatic N) is 4. The highest BCUT2D eigenvalue weighted by Crippen LogP contribution is 2.21. The Kier molecular flexibility index (Phi) is 3.22. The standard InChI is InChI=1S/C17H17N5O/c1-12-4-2-3-5-14(12)17(23)20-13-10-21(11-13)16-7-8-18-15-6-9-19-22(15)16/h2-9,13H,10-11H2,1H3,(H,20,23). The Hall–Kier alpha value is -2.89. The molecule has 0 unspecified atom stereocenters. The second-order valence-corrected chi connectivity index (χ2v) is 5.79. The molecule has 0 aliphatic carbocycles. The lowest BCUT2D eigenvalue weighted by molar-refractivity contribution is 0.0929. The number of rotatable bonds is 3.